The normalized spacial score (nSPS) is 13.1. The van der Waals surface area contributed by atoms with Crippen molar-refractivity contribution < 1.29 is 14.5 Å². The Balaban J connectivity index is 1.75. The molecule has 3 rings (SSSR count). The zero-order valence-electron chi connectivity index (χ0n) is 14.5. The average molecular weight is 355 g/mol. The fraction of sp³-hybridized carbons (Fsp3) is 0.316. The Kier molecular flexibility index (Phi) is 5.36. The second kappa shape index (κ2) is 7.86. The Bertz CT molecular complexity index is 818. The van der Waals surface area contributed by atoms with Crippen LogP contribution in [0.1, 0.15) is 36.5 Å². The Morgan fingerprint density at radius 2 is 2.08 bits per heavy atom. The molecule has 0 aliphatic heterocycles. The average Bonchev–Trinajstić information content (AvgIpc) is 3.44. The number of nitro benzene ring substituents is 1. The maximum Gasteiger partial charge on any atom is 0.293 e. The van der Waals surface area contributed by atoms with Crippen LogP contribution in [0.25, 0.3) is 0 Å². The van der Waals surface area contributed by atoms with E-state index < -0.39 is 10.8 Å². The molecule has 2 N–H and O–H groups in total. The summed E-state index contributed by atoms with van der Waals surface area (Å²) in [5, 5.41) is 17.2. The topological polar surface area (TPSA) is 93.5 Å². The predicted molar refractivity (Wildman–Crippen MR) is 99.9 cm³/mol. The SMILES string of the molecule is CCCOc1cccc(NC(=O)c2ccc(NC3CC3)c([N+](=O)[O-])c2)c1. The number of rotatable bonds is 8. The standard InChI is InChI=1S/C19H21N3O4/c1-2-10-26-16-5-3-4-15(12-16)21-19(23)13-6-9-17(20-14-7-8-14)18(11-13)22(24)25/h3-6,9,11-12,14,20H,2,7-8,10H2,1H3,(H,21,23). The molecule has 0 unspecified atom stereocenters. The summed E-state index contributed by atoms with van der Waals surface area (Å²) in [6, 6.07) is 11.8. The zero-order valence-corrected chi connectivity index (χ0v) is 14.5. The van der Waals surface area contributed by atoms with Crippen LogP contribution in [0.2, 0.25) is 0 Å². The number of ether oxygens (including phenoxy) is 1. The van der Waals surface area contributed by atoms with Gasteiger partial charge in [0.1, 0.15) is 11.4 Å². The van der Waals surface area contributed by atoms with Crippen molar-refractivity contribution in [2.24, 2.45) is 0 Å². The third kappa shape index (κ3) is 4.50. The van der Waals surface area contributed by atoms with Crippen LogP contribution in [0.3, 0.4) is 0 Å². The lowest BCUT2D eigenvalue weighted by atomic mass is 10.1. The highest BCUT2D eigenvalue weighted by Crippen LogP contribution is 2.31. The lowest BCUT2D eigenvalue weighted by molar-refractivity contribution is -0.384. The molecular formula is C19H21N3O4. The van der Waals surface area contributed by atoms with Crippen LogP contribution in [0, 0.1) is 10.1 Å². The molecular weight excluding hydrogens is 334 g/mol. The van der Waals surface area contributed by atoms with Gasteiger partial charge in [-0.15, -0.1) is 0 Å². The number of anilines is 2. The van der Waals surface area contributed by atoms with Gasteiger partial charge in [-0.2, -0.15) is 0 Å². The van der Waals surface area contributed by atoms with Gasteiger partial charge in [-0.3, -0.25) is 14.9 Å². The summed E-state index contributed by atoms with van der Waals surface area (Å²) in [4.78, 5) is 23.3. The van der Waals surface area contributed by atoms with Crippen molar-refractivity contribution in [3.63, 3.8) is 0 Å². The molecule has 136 valence electrons. The Labute approximate surface area is 151 Å². The molecule has 1 saturated carbocycles. The molecule has 2 aromatic carbocycles. The van der Waals surface area contributed by atoms with Gasteiger partial charge in [-0.1, -0.05) is 13.0 Å². The number of carbonyl (C=O) groups excluding carboxylic acids is 1. The van der Waals surface area contributed by atoms with E-state index in [1.807, 2.05) is 13.0 Å². The number of benzene rings is 2. The minimum Gasteiger partial charge on any atom is -0.494 e. The van der Waals surface area contributed by atoms with Crippen LogP contribution < -0.4 is 15.4 Å². The van der Waals surface area contributed by atoms with Gasteiger partial charge in [0, 0.05) is 29.4 Å². The first-order valence-corrected chi connectivity index (χ1v) is 8.66. The lowest BCUT2D eigenvalue weighted by Gasteiger charge is -2.10. The monoisotopic (exact) mass is 355 g/mol. The Morgan fingerprint density at radius 1 is 1.27 bits per heavy atom. The number of amides is 1. The fourth-order valence-electron chi connectivity index (χ4n) is 2.48. The molecule has 0 bridgehead atoms. The summed E-state index contributed by atoms with van der Waals surface area (Å²) < 4.78 is 5.54. The van der Waals surface area contributed by atoms with Gasteiger partial charge in [0.15, 0.2) is 0 Å². The molecule has 0 saturated heterocycles. The summed E-state index contributed by atoms with van der Waals surface area (Å²) in [6.45, 7) is 2.61. The van der Waals surface area contributed by atoms with Crippen molar-refractivity contribution in [1.82, 2.24) is 0 Å². The van der Waals surface area contributed by atoms with Crippen LogP contribution in [-0.4, -0.2) is 23.5 Å². The minimum absolute atomic E-state index is 0.0930. The van der Waals surface area contributed by atoms with E-state index in [9.17, 15) is 14.9 Å². The van der Waals surface area contributed by atoms with Crippen molar-refractivity contribution >= 4 is 23.0 Å². The molecule has 1 fully saturated rings. The van der Waals surface area contributed by atoms with Gasteiger partial charge in [0.25, 0.3) is 11.6 Å². The highest BCUT2D eigenvalue weighted by Gasteiger charge is 2.25. The molecule has 0 aromatic heterocycles. The summed E-state index contributed by atoms with van der Waals surface area (Å²) in [7, 11) is 0. The summed E-state index contributed by atoms with van der Waals surface area (Å²) in [6.07, 6.45) is 2.91. The van der Waals surface area contributed by atoms with E-state index in [0.29, 0.717) is 29.8 Å². The molecule has 26 heavy (non-hydrogen) atoms. The van der Waals surface area contributed by atoms with Crippen molar-refractivity contribution in [3.05, 3.63) is 58.1 Å². The number of nitrogens with zero attached hydrogens (tertiary/aromatic N) is 1. The maximum atomic E-state index is 12.5. The smallest absolute Gasteiger partial charge is 0.293 e. The van der Waals surface area contributed by atoms with Gasteiger partial charge in [0.05, 0.1) is 11.5 Å². The second-order valence-corrected chi connectivity index (χ2v) is 6.24. The van der Waals surface area contributed by atoms with E-state index in [4.69, 9.17) is 4.74 Å². The molecule has 0 spiro atoms. The number of carbonyl (C=O) groups is 1. The molecule has 0 radical (unpaired) electrons. The molecule has 1 amide bonds. The summed E-state index contributed by atoms with van der Waals surface area (Å²) in [5.41, 5.74) is 1.16. The van der Waals surface area contributed by atoms with Gasteiger partial charge < -0.3 is 15.4 Å². The first-order chi connectivity index (χ1) is 12.6. The van der Waals surface area contributed by atoms with E-state index >= 15 is 0 Å². The van der Waals surface area contributed by atoms with Crippen LogP contribution in [0.15, 0.2) is 42.5 Å². The molecule has 1 aliphatic rings. The van der Waals surface area contributed by atoms with Crippen LogP contribution in [-0.2, 0) is 0 Å². The molecule has 2 aromatic rings. The van der Waals surface area contributed by atoms with E-state index in [-0.39, 0.29) is 11.3 Å². The fourth-order valence-corrected chi connectivity index (χ4v) is 2.48. The number of hydrogen-bond donors (Lipinski definition) is 2. The second-order valence-electron chi connectivity index (χ2n) is 6.24. The van der Waals surface area contributed by atoms with Gasteiger partial charge in [-0.25, -0.2) is 0 Å². The molecule has 1 aliphatic carbocycles. The van der Waals surface area contributed by atoms with E-state index in [0.717, 1.165) is 19.3 Å². The van der Waals surface area contributed by atoms with Gasteiger partial charge in [-0.05, 0) is 43.5 Å². The highest BCUT2D eigenvalue weighted by molar-refractivity contribution is 6.05. The predicted octanol–water partition coefficient (Wildman–Crippen LogP) is 4.21. The molecule has 7 heteroatoms. The first-order valence-electron chi connectivity index (χ1n) is 8.66. The molecule has 0 atom stereocenters. The highest BCUT2D eigenvalue weighted by atomic mass is 16.6. The van der Waals surface area contributed by atoms with Crippen LogP contribution in [0.5, 0.6) is 5.75 Å². The van der Waals surface area contributed by atoms with E-state index in [2.05, 4.69) is 10.6 Å². The van der Waals surface area contributed by atoms with Gasteiger partial charge in [0.2, 0.25) is 0 Å². The minimum atomic E-state index is -0.472. The largest absolute Gasteiger partial charge is 0.494 e. The number of nitrogens with one attached hydrogen (secondary N) is 2. The Morgan fingerprint density at radius 3 is 2.77 bits per heavy atom. The first kappa shape index (κ1) is 17.7. The van der Waals surface area contributed by atoms with E-state index in [1.54, 1.807) is 30.3 Å². The Hall–Kier alpha value is -3.09. The number of nitro groups is 1. The third-order valence-corrected chi connectivity index (χ3v) is 3.96. The van der Waals surface area contributed by atoms with Crippen LogP contribution in [0.4, 0.5) is 17.1 Å². The maximum absolute atomic E-state index is 12.5. The quantitative estimate of drug-likeness (QED) is 0.546. The molecule has 0 heterocycles. The van der Waals surface area contributed by atoms with Gasteiger partial charge >= 0.3 is 0 Å². The number of hydrogen-bond acceptors (Lipinski definition) is 5. The summed E-state index contributed by atoms with van der Waals surface area (Å²) in [5.74, 6) is 0.262. The van der Waals surface area contributed by atoms with Crippen molar-refractivity contribution in [2.45, 2.75) is 32.2 Å². The summed E-state index contributed by atoms with van der Waals surface area (Å²) >= 11 is 0. The van der Waals surface area contributed by atoms with Crippen molar-refractivity contribution in [1.29, 1.82) is 0 Å². The van der Waals surface area contributed by atoms with Crippen molar-refractivity contribution in [3.8, 4) is 5.75 Å². The molecule has 7 nitrogen and oxygen atoms in total. The lowest BCUT2D eigenvalue weighted by Crippen LogP contribution is -2.13. The van der Waals surface area contributed by atoms with Crippen molar-refractivity contribution in [2.75, 3.05) is 17.2 Å². The van der Waals surface area contributed by atoms with E-state index in [1.165, 1.54) is 6.07 Å². The zero-order chi connectivity index (χ0) is 18.5. The van der Waals surface area contributed by atoms with Crippen LogP contribution >= 0.6 is 0 Å². The third-order valence-electron chi connectivity index (χ3n) is 3.96.